The summed E-state index contributed by atoms with van der Waals surface area (Å²) in [5, 5.41) is 3.50. The van der Waals surface area contributed by atoms with E-state index >= 15 is 0 Å². The lowest BCUT2D eigenvalue weighted by atomic mass is 9.96. The van der Waals surface area contributed by atoms with E-state index in [0.29, 0.717) is 0 Å². The maximum atomic E-state index is 4.60. The molecular weight excluding hydrogens is 234 g/mol. The summed E-state index contributed by atoms with van der Waals surface area (Å²) in [5.41, 5.74) is 2.31. The van der Waals surface area contributed by atoms with Gasteiger partial charge in [-0.15, -0.1) is 0 Å². The number of nitrogens with zero attached hydrogens (tertiary/aromatic N) is 2. The molecule has 1 aliphatic rings. The maximum absolute atomic E-state index is 4.60. The third-order valence-electron chi connectivity index (χ3n) is 4.03. The van der Waals surface area contributed by atoms with Gasteiger partial charge in [0.1, 0.15) is 0 Å². The molecule has 0 spiro atoms. The van der Waals surface area contributed by atoms with E-state index < -0.39 is 0 Å². The Morgan fingerprint density at radius 1 is 1.42 bits per heavy atom. The number of rotatable bonds is 6. The molecule has 3 heteroatoms. The summed E-state index contributed by atoms with van der Waals surface area (Å²) < 4.78 is 0. The summed E-state index contributed by atoms with van der Waals surface area (Å²) in [6, 6.07) is 6.31. The van der Waals surface area contributed by atoms with Gasteiger partial charge in [0, 0.05) is 12.2 Å². The highest BCUT2D eigenvalue weighted by Gasteiger charge is 2.14. The van der Waals surface area contributed by atoms with Crippen molar-refractivity contribution in [2.45, 2.75) is 39.7 Å². The molecule has 1 unspecified atom stereocenters. The normalized spacial score (nSPS) is 19.8. The molecule has 0 amide bonds. The quantitative estimate of drug-likeness (QED) is 0.853. The van der Waals surface area contributed by atoms with E-state index in [1.165, 1.54) is 44.6 Å². The zero-order valence-corrected chi connectivity index (χ0v) is 12.4. The van der Waals surface area contributed by atoms with Crippen molar-refractivity contribution in [3.05, 3.63) is 29.6 Å². The molecule has 0 bridgehead atoms. The van der Waals surface area contributed by atoms with Crippen molar-refractivity contribution in [3.8, 4) is 0 Å². The van der Waals surface area contributed by atoms with Gasteiger partial charge in [-0.3, -0.25) is 9.88 Å². The van der Waals surface area contributed by atoms with Gasteiger partial charge >= 0.3 is 0 Å². The van der Waals surface area contributed by atoms with Crippen LogP contribution in [0.3, 0.4) is 0 Å². The molecule has 1 atom stereocenters. The van der Waals surface area contributed by atoms with E-state index in [-0.39, 0.29) is 0 Å². The summed E-state index contributed by atoms with van der Waals surface area (Å²) in [4.78, 5) is 7.11. The second kappa shape index (κ2) is 7.61. The SMILES string of the molecule is CCN(CCC1CCCNC1)Cc1cccc(C)n1. The van der Waals surface area contributed by atoms with Crippen LogP contribution in [0.5, 0.6) is 0 Å². The Balaban J connectivity index is 1.79. The van der Waals surface area contributed by atoms with Crippen LogP contribution in [0.4, 0.5) is 0 Å². The lowest BCUT2D eigenvalue weighted by Crippen LogP contribution is -2.33. The highest BCUT2D eigenvalue weighted by Crippen LogP contribution is 2.15. The number of hydrogen-bond acceptors (Lipinski definition) is 3. The van der Waals surface area contributed by atoms with Gasteiger partial charge in [-0.1, -0.05) is 13.0 Å². The van der Waals surface area contributed by atoms with Gasteiger partial charge in [0.2, 0.25) is 0 Å². The topological polar surface area (TPSA) is 28.2 Å². The van der Waals surface area contributed by atoms with Crippen molar-refractivity contribution in [1.29, 1.82) is 0 Å². The fourth-order valence-electron chi connectivity index (χ4n) is 2.80. The van der Waals surface area contributed by atoms with Crippen LogP contribution in [0.2, 0.25) is 0 Å². The molecule has 1 saturated heterocycles. The second-order valence-electron chi connectivity index (χ2n) is 5.64. The minimum atomic E-state index is 0.869. The summed E-state index contributed by atoms with van der Waals surface area (Å²) in [6.45, 7) is 10.0. The van der Waals surface area contributed by atoms with Gasteiger partial charge < -0.3 is 5.32 Å². The lowest BCUT2D eigenvalue weighted by Gasteiger charge is -2.26. The van der Waals surface area contributed by atoms with E-state index in [1.807, 2.05) is 0 Å². The first-order chi connectivity index (χ1) is 9.28. The van der Waals surface area contributed by atoms with Gasteiger partial charge in [-0.25, -0.2) is 0 Å². The van der Waals surface area contributed by atoms with E-state index in [2.05, 4.69) is 47.2 Å². The minimum Gasteiger partial charge on any atom is -0.316 e. The molecule has 1 aromatic heterocycles. The average molecular weight is 261 g/mol. The minimum absolute atomic E-state index is 0.869. The Hall–Kier alpha value is -0.930. The number of hydrogen-bond donors (Lipinski definition) is 1. The third kappa shape index (κ3) is 4.92. The van der Waals surface area contributed by atoms with Crippen LogP contribution in [-0.2, 0) is 6.54 Å². The molecule has 1 N–H and O–H groups in total. The molecule has 3 nitrogen and oxygen atoms in total. The van der Waals surface area contributed by atoms with Gasteiger partial charge in [-0.2, -0.15) is 0 Å². The second-order valence-corrected chi connectivity index (χ2v) is 5.64. The van der Waals surface area contributed by atoms with Crippen molar-refractivity contribution < 1.29 is 0 Å². The van der Waals surface area contributed by atoms with Gasteiger partial charge in [0.15, 0.2) is 0 Å². The first-order valence-electron chi connectivity index (χ1n) is 7.63. The van der Waals surface area contributed by atoms with Crippen LogP contribution in [0.15, 0.2) is 18.2 Å². The number of nitrogens with one attached hydrogen (secondary N) is 1. The molecule has 0 radical (unpaired) electrons. The highest BCUT2D eigenvalue weighted by atomic mass is 15.1. The van der Waals surface area contributed by atoms with E-state index in [0.717, 1.165) is 24.7 Å². The number of aryl methyl sites for hydroxylation is 1. The van der Waals surface area contributed by atoms with Crippen LogP contribution in [-0.4, -0.2) is 36.1 Å². The molecule has 1 aliphatic heterocycles. The number of piperidine rings is 1. The Morgan fingerprint density at radius 3 is 3.00 bits per heavy atom. The molecule has 1 fully saturated rings. The molecule has 1 aromatic rings. The Morgan fingerprint density at radius 2 is 2.32 bits per heavy atom. The monoisotopic (exact) mass is 261 g/mol. The fourth-order valence-corrected chi connectivity index (χ4v) is 2.80. The summed E-state index contributed by atoms with van der Waals surface area (Å²) in [6.07, 6.45) is 4.05. The highest BCUT2D eigenvalue weighted by molar-refractivity contribution is 5.09. The van der Waals surface area contributed by atoms with E-state index in [1.54, 1.807) is 0 Å². The summed E-state index contributed by atoms with van der Waals surface area (Å²) in [5.74, 6) is 0.869. The van der Waals surface area contributed by atoms with Gasteiger partial charge in [-0.05, 0) is 70.4 Å². The van der Waals surface area contributed by atoms with Gasteiger partial charge in [0.05, 0.1) is 5.69 Å². The molecule has 0 aromatic carbocycles. The Labute approximate surface area is 117 Å². The standard InChI is InChI=1S/C16H27N3/c1-3-19(11-9-15-7-5-10-17-12-15)13-16-8-4-6-14(2)18-16/h4,6,8,15,17H,3,5,7,9-13H2,1-2H3. The zero-order chi connectivity index (χ0) is 13.5. The largest absolute Gasteiger partial charge is 0.316 e. The summed E-state index contributed by atoms with van der Waals surface area (Å²) >= 11 is 0. The molecule has 2 heterocycles. The third-order valence-corrected chi connectivity index (χ3v) is 4.03. The smallest absolute Gasteiger partial charge is 0.0547 e. The van der Waals surface area contributed by atoms with Crippen molar-refractivity contribution in [2.24, 2.45) is 5.92 Å². The van der Waals surface area contributed by atoms with Crippen molar-refractivity contribution >= 4 is 0 Å². The number of aromatic nitrogens is 1. The summed E-state index contributed by atoms with van der Waals surface area (Å²) in [7, 11) is 0. The predicted octanol–water partition coefficient (Wildman–Crippen LogP) is 2.60. The zero-order valence-electron chi connectivity index (χ0n) is 12.4. The van der Waals surface area contributed by atoms with Crippen LogP contribution in [0.25, 0.3) is 0 Å². The Bertz CT molecular complexity index is 372. The van der Waals surface area contributed by atoms with E-state index in [4.69, 9.17) is 0 Å². The van der Waals surface area contributed by atoms with Crippen LogP contribution in [0, 0.1) is 12.8 Å². The lowest BCUT2D eigenvalue weighted by molar-refractivity contribution is 0.237. The van der Waals surface area contributed by atoms with Crippen molar-refractivity contribution in [2.75, 3.05) is 26.2 Å². The predicted molar refractivity (Wildman–Crippen MR) is 80.1 cm³/mol. The molecule has 19 heavy (non-hydrogen) atoms. The average Bonchev–Trinajstić information content (AvgIpc) is 2.44. The first-order valence-corrected chi connectivity index (χ1v) is 7.63. The molecule has 2 rings (SSSR count). The van der Waals surface area contributed by atoms with Crippen LogP contribution < -0.4 is 5.32 Å². The maximum Gasteiger partial charge on any atom is 0.0547 e. The Kier molecular flexibility index (Phi) is 5.80. The van der Waals surface area contributed by atoms with E-state index in [9.17, 15) is 0 Å². The van der Waals surface area contributed by atoms with Gasteiger partial charge in [0.25, 0.3) is 0 Å². The molecule has 106 valence electrons. The van der Waals surface area contributed by atoms with Crippen molar-refractivity contribution in [3.63, 3.8) is 0 Å². The molecule has 0 aliphatic carbocycles. The van der Waals surface area contributed by atoms with Crippen LogP contribution in [0.1, 0.15) is 37.6 Å². The molecule has 0 saturated carbocycles. The fraction of sp³-hybridized carbons (Fsp3) is 0.688. The molecular formula is C16H27N3. The van der Waals surface area contributed by atoms with Crippen molar-refractivity contribution in [1.82, 2.24) is 15.2 Å². The number of pyridine rings is 1. The van der Waals surface area contributed by atoms with Crippen LogP contribution >= 0.6 is 0 Å². The first kappa shape index (κ1) is 14.5.